The summed E-state index contributed by atoms with van der Waals surface area (Å²) < 4.78 is 7.06. The van der Waals surface area contributed by atoms with Gasteiger partial charge in [-0.05, 0) is 6.42 Å². The maximum absolute atomic E-state index is 5.81. The predicted molar refractivity (Wildman–Crippen MR) is 60.7 cm³/mol. The van der Waals surface area contributed by atoms with E-state index < -0.39 is 0 Å². The Labute approximate surface area is 93.4 Å². The van der Waals surface area contributed by atoms with Crippen molar-refractivity contribution >= 4 is 16.9 Å². The van der Waals surface area contributed by atoms with Crippen molar-refractivity contribution in [2.75, 3.05) is 12.3 Å². The van der Waals surface area contributed by atoms with Crippen molar-refractivity contribution in [3.05, 3.63) is 12.0 Å². The number of rotatable bonds is 4. The van der Waals surface area contributed by atoms with Gasteiger partial charge in [-0.25, -0.2) is 9.97 Å². The van der Waals surface area contributed by atoms with E-state index in [-0.39, 0.29) is 0 Å². The molecule has 0 aliphatic heterocycles. The summed E-state index contributed by atoms with van der Waals surface area (Å²) in [6.07, 6.45) is 2.64. The molecule has 0 spiro atoms. The molecule has 0 unspecified atom stereocenters. The standard InChI is InChI=1S/C10H15N5O/c1-3-4-16-6-8-13-9(11)7-5-12-15(2)10(7)14-8/h5H,3-4,6H2,1-2H3,(H2,11,13,14). The van der Waals surface area contributed by atoms with Crippen LogP contribution in [0.1, 0.15) is 19.2 Å². The fraction of sp³-hybridized carbons (Fsp3) is 0.500. The lowest BCUT2D eigenvalue weighted by molar-refractivity contribution is 0.116. The Kier molecular flexibility index (Phi) is 3.00. The fourth-order valence-corrected chi connectivity index (χ4v) is 1.46. The van der Waals surface area contributed by atoms with Gasteiger partial charge in [-0.1, -0.05) is 6.92 Å². The van der Waals surface area contributed by atoms with Crippen molar-refractivity contribution in [3.8, 4) is 0 Å². The summed E-state index contributed by atoms with van der Waals surface area (Å²) in [5.74, 6) is 1.05. The monoisotopic (exact) mass is 221 g/mol. The topological polar surface area (TPSA) is 78.9 Å². The summed E-state index contributed by atoms with van der Waals surface area (Å²) in [7, 11) is 1.82. The van der Waals surface area contributed by atoms with E-state index in [9.17, 15) is 0 Å². The number of nitrogens with zero attached hydrogens (tertiary/aromatic N) is 4. The van der Waals surface area contributed by atoms with Gasteiger partial charge in [0, 0.05) is 13.7 Å². The molecule has 2 aromatic heterocycles. The van der Waals surface area contributed by atoms with Gasteiger partial charge in [0.1, 0.15) is 12.4 Å². The Balaban J connectivity index is 2.29. The molecule has 0 aromatic carbocycles. The average Bonchev–Trinajstić information content (AvgIpc) is 2.62. The van der Waals surface area contributed by atoms with Gasteiger partial charge in [0.2, 0.25) is 0 Å². The molecular formula is C10H15N5O. The molecule has 6 heteroatoms. The smallest absolute Gasteiger partial charge is 0.163 e. The SMILES string of the molecule is CCCOCc1nc(N)c2cnn(C)c2n1. The van der Waals surface area contributed by atoms with Crippen molar-refractivity contribution in [2.45, 2.75) is 20.0 Å². The molecule has 16 heavy (non-hydrogen) atoms. The average molecular weight is 221 g/mol. The molecule has 0 fully saturated rings. The van der Waals surface area contributed by atoms with Gasteiger partial charge in [-0.3, -0.25) is 4.68 Å². The number of hydrogen-bond acceptors (Lipinski definition) is 5. The number of aryl methyl sites for hydroxylation is 1. The number of ether oxygens (including phenoxy) is 1. The lowest BCUT2D eigenvalue weighted by Crippen LogP contribution is -2.04. The summed E-state index contributed by atoms with van der Waals surface area (Å²) >= 11 is 0. The van der Waals surface area contributed by atoms with E-state index in [1.54, 1.807) is 10.9 Å². The van der Waals surface area contributed by atoms with Crippen molar-refractivity contribution in [1.82, 2.24) is 19.7 Å². The molecule has 2 N–H and O–H groups in total. The second kappa shape index (κ2) is 4.44. The van der Waals surface area contributed by atoms with Gasteiger partial charge in [0.15, 0.2) is 11.5 Å². The summed E-state index contributed by atoms with van der Waals surface area (Å²) in [4.78, 5) is 8.53. The van der Waals surface area contributed by atoms with Gasteiger partial charge in [0.25, 0.3) is 0 Å². The second-order valence-electron chi connectivity index (χ2n) is 3.58. The van der Waals surface area contributed by atoms with E-state index in [4.69, 9.17) is 10.5 Å². The normalized spacial score (nSPS) is 11.1. The largest absolute Gasteiger partial charge is 0.383 e. The fourth-order valence-electron chi connectivity index (χ4n) is 1.46. The van der Waals surface area contributed by atoms with E-state index in [1.165, 1.54) is 0 Å². The molecule has 0 saturated heterocycles. The number of anilines is 1. The Morgan fingerprint density at radius 3 is 3.00 bits per heavy atom. The van der Waals surface area contributed by atoms with Crippen LogP contribution in [0.2, 0.25) is 0 Å². The Morgan fingerprint density at radius 2 is 2.25 bits per heavy atom. The summed E-state index contributed by atoms with van der Waals surface area (Å²) in [6, 6.07) is 0. The van der Waals surface area contributed by atoms with E-state index in [1.807, 2.05) is 7.05 Å². The molecule has 0 amide bonds. The van der Waals surface area contributed by atoms with Crippen LogP contribution in [-0.2, 0) is 18.4 Å². The Morgan fingerprint density at radius 1 is 1.44 bits per heavy atom. The molecule has 2 aromatic rings. The van der Waals surface area contributed by atoms with E-state index in [2.05, 4.69) is 22.0 Å². The molecule has 2 rings (SSSR count). The first-order valence-corrected chi connectivity index (χ1v) is 5.24. The van der Waals surface area contributed by atoms with Crippen molar-refractivity contribution in [2.24, 2.45) is 7.05 Å². The van der Waals surface area contributed by atoms with Gasteiger partial charge in [-0.2, -0.15) is 5.10 Å². The first kappa shape index (κ1) is 10.8. The number of fused-ring (bicyclic) bond motifs is 1. The second-order valence-corrected chi connectivity index (χ2v) is 3.58. The zero-order chi connectivity index (χ0) is 11.5. The number of aromatic nitrogens is 4. The summed E-state index contributed by atoms with van der Waals surface area (Å²) in [6.45, 7) is 3.14. The highest BCUT2D eigenvalue weighted by Crippen LogP contribution is 2.16. The lowest BCUT2D eigenvalue weighted by atomic mass is 10.4. The van der Waals surface area contributed by atoms with Crippen LogP contribution in [0.4, 0.5) is 5.82 Å². The quantitative estimate of drug-likeness (QED) is 0.775. The molecule has 86 valence electrons. The van der Waals surface area contributed by atoms with Crippen LogP contribution >= 0.6 is 0 Å². The van der Waals surface area contributed by atoms with Gasteiger partial charge in [0.05, 0.1) is 11.6 Å². The maximum Gasteiger partial charge on any atom is 0.163 e. The van der Waals surface area contributed by atoms with Crippen LogP contribution in [0.5, 0.6) is 0 Å². The summed E-state index contributed by atoms with van der Waals surface area (Å²) in [5, 5.41) is 4.87. The minimum Gasteiger partial charge on any atom is -0.383 e. The van der Waals surface area contributed by atoms with Crippen LogP contribution in [0, 0.1) is 0 Å². The van der Waals surface area contributed by atoms with E-state index in [0.29, 0.717) is 24.9 Å². The van der Waals surface area contributed by atoms with Crippen LogP contribution in [0.25, 0.3) is 11.0 Å². The molecule has 0 radical (unpaired) electrons. The molecular weight excluding hydrogens is 206 g/mol. The van der Waals surface area contributed by atoms with Crippen LogP contribution in [-0.4, -0.2) is 26.4 Å². The van der Waals surface area contributed by atoms with E-state index >= 15 is 0 Å². The lowest BCUT2D eigenvalue weighted by Gasteiger charge is -2.03. The van der Waals surface area contributed by atoms with Gasteiger partial charge in [-0.15, -0.1) is 0 Å². The van der Waals surface area contributed by atoms with Crippen molar-refractivity contribution in [3.63, 3.8) is 0 Å². The van der Waals surface area contributed by atoms with Gasteiger partial charge < -0.3 is 10.5 Å². The first-order chi connectivity index (χ1) is 7.72. The van der Waals surface area contributed by atoms with Crippen LogP contribution in [0.3, 0.4) is 0 Å². The van der Waals surface area contributed by atoms with Crippen molar-refractivity contribution < 1.29 is 4.74 Å². The molecule has 0 bridgehead atoms. The van der Waals surface area contributed by atoms with Crippen LogP contribution < -0.4 is 5.73 Å². The highest BCUT2D eigenvalue weighted by Gasteiger charge is 2.08. The van der Waals surface area contributed by atoms with Gasteiger partial charge >= 0.3 is 0 Å². The predicted octanol–water partition coefficient (Wildman–Crippen LogP) is 0.872. The first-order valence-electron chi connectivity index (χ1n) is 5.24. The molecule has 2 heterocycles. The third-order valence-electron chi connectivity index (χ3n) is 2.25. The molecule has 0 aliphatic rings. The number of nitrogens with two attached hydrogens (primary N) is 1. The number of nitrogen functional groups attached to an aromatic ring is 1. The molecule has 6 nitrogen and oxygen atoms in total. The third kappa shape index (κ3) is 1.96. The Hall–Kier alpha value is -1.69. The zero-order valence-electron chi connectivity index (χ0n) is 9.47. The van der Waals surface area contributed by atoms with E-state index in [0.717, 1.165) is 17.5 Å². The zero-order valence-corrected chi connectivity index (χ0v) is 9.47. The molecule has 0 atom stereocenters. The van der Waals surface area contributed by atoms with Crippen LogP contribution in [0.15, 0.2) is 6.20 Å². The molecule has 0 saturated carbocycles. The third-order valence-corrected chi connectivity index (χ3v) is 2.25. The maximum atomic E-state index is 5.81. The highest BCUT2D eigenvalue weighted by atomic mass is 16.5. The number of hydrogen-bond donors (Lipinski definition) is 1. The molecule has 0 aliphatic carbocycles. The highest BCUT2D eigenvalue weighted by molar-refractivity contribution is 5.84. The minimum absolute atomic E-state index is 0.388. The minimum atomic E-state index is 0.388. The summed E-state index contributed by atoms with van der Waals surface area (Å²) in [5.41, 5.74) is 6.55. The van der Waals surface area contributed by atoms with Crippen molar-refractivity contribution in [1.29, 1.82) is 0 Å². The Bertz CT molecular complexity index is 493.